The SMILES string of the molecule is COc1ccc(C(=O)[C@@H]2[C@H]3C(=O)N(c4ccccc4)C(=O)[C@H]3[C@H]3C=CC=NN32)cc1. The van der Waals surface area contributed by atoms with E-state index in [0.717, 1.165) is 0 Å². The number of hydrogen-bond donors (Lipinski definition) is 0. The van der Waals surface area contributed by atoms with Crippen molar-refractivity contribution in [1.29, 1.82) is 0 Å². The Balaban J connectivity index is 1.56. The average Bonchev–Trinajstić information content (AvgIpc) is 3.26. The predicted octanol–water partition coefficient (Wildman–Crippen LogP) is 2.29. The fourth-order valence-corrected chi connectivity index (χ4v) is 4.59. The molecular formula is C23H19N3O4. The van der Waals surface area contributed by atoms with Gasteiger partial charge in [-0.1, -0.05) is 24.3 Å². The molecule has 0 radical (unpaired) electrons. The molecule has 2 amide bonds. The van der Waals surface area contributed by atoms with Gasteiger partial charge in [-0.2, -0.15) is 5.10 Å². The van der Waals surface area contributed by atoms with Gasteiger partial charge < -0.3 is 4.74 Å². The zero-order valence-electron chi connectivity index (χ0n) is 16.2. The molecule has 7 nitrogen and oxygen atoms in total. The van der Waals surface area contributed by atoms with Crippen molar-refractivity contribution in [1.82, 2.24) is 5.01 Å². The van der Waals surface area contributed by atoms with E-state index < -0.39 is 23.9 Å². The van der Waals surface area contributed by atoms with E-state index in [0.29, 0.717) is 17.0 Å². The molecular weight excluding hydrogens is 382 g/mol. The molecule has 3 aliphatic heterocycles. The standard InChI is InChI=1S/C23H19N3O4/c1-30-16-11-9-14(10-12-16)21(27)20-19-18(17-8-5-13-24-26(17)20)22(28)25(23(19)29)15-6-3-2-4-7-15/h2-13,17-20H,1H3/t17-,18+,19+,20+/m1/s1. The number of hydrogen-bond acceptors (Lipinski definition) is 6. The van der Waals surface area contributed by atoms with Crippen LogP contribution in [0.5, 0.6) is 5.75 Å². The van der Waals surface area contributed by atoms with Crippen molar-refractivity contribution in [3.05, 3.63) is 72.3 Å². The number of fused-ring (bicyclic) bond motifs is 3. The van der Waals surface area contributed by atoms with Crippen molar-refractivity contribution in [3.63, 3.8) is 0 Å². The fourth-order valence-electron chi connectivity index (χ4n) is 4.59. The molecule has 0 N–H and O–H groups in total. The van der Waals surface area contributed by atoms with Gasteiger partial charge in [-0.15, -0.1) is 0 Å². The van der Waals surface area contributed by atoms with Crippen LogP contribution in [0.15, 0.2) is 71.9 Å². The van der Waals surface area contributed by atoms with Crippen LogP contribution >= 0.6 is 0 Å². The number of nitrogens with zero attached hydrogens (tertiary/aromatic N) is 3. The second kappa shape index (κ2) is 6.95. The fraction of sp³-hybridized carbons (Fsp3) is 0.217. The molecule has 3 heterocycles. The highest BCUT2D eigenvalue weighted by atomic mass is 16.5. The van der Waals surface area contributed by atoms with Crippen molar-refractivity contribution in [2.45, 2.75) is 12.1 Å². The molecule has 0 bridgehead atoms. The van der Waals surface area contributed by atoms with Gasteiger partial charge in [0.25, 0.3) is 0 Å². The maximum Gasteiger partial charge on any atom is 0.240 e. The molecule has 0 spiro atoms. The van der Waals surface area contributed by atoms with Crippen LogP contribution in [0.1, 0.15) is 10.4 Å². The van der Waals surface area contributed by atoms with E-state index in [1.54, 1.807) is 72.9 Å². The molecule has 30 heavy (non-hydrogen) atoms. The third-order valence-corrected chi connectivity index (χ3v) is 5.95. The summed E-state index contributed by atoms with van der Waals surface area (Å²) in [5.41, 5.74) is 0.968. The summed E-state index contributed by atoms with van der Waals surface area (Å²) in [6.07, 6.45) is 5.17. The molecule has 3 aliphatic rings. The van der Waals surface area contributed by atoms with Crippen LogP contribution in [0.2, 0.25) is 0 Å². The zero-order valence-corrected chi connectivity index (χ0v) is 16.2. The van der Waals surface area contributed by atoms with Gasteiger partial charge in [-0.05, 0) is 42.5 Å². The van der Waals surface area contributed by atoms with Crippen molar-refractivity contribution in [3.8, 4) is 5.75 Å². The van der Waals surface area contributed by atoms with Crippen LogP contribution < -0.4 is 9.64 Å². The second-order valence-electron chi connectivity index (χ2n) is 7.46. The third kappa shape index (κ3) is 2.58. The minimum atomic E-state index is -0.847. The van der Waals surface area contributed by atoms with E-state index in [1.165, 1.54) is 4.90 Å². The molecule has 150 valence electrons. The molecule has 2 aromatic rings. The molecule has 0 unspecified atom stereocenters. The summed E-state index contributed by atoms with van der Waals surface area (Å²) in [7, 11) is 1.55. The lowest BCUT2D eigenvalue weighted by Crippen LogP contribution is -2.46. The van der Waals surface area contributed by atoms with E-state index in [9.17, 15) is 14.4 Å². The Bertz CT molecular complexity index is 1080. The summed E-state index contributed by atoms with van der Waals surface area (Å²) in [4.78, 5) is 41.4. The Labute approximate surface area is 173 Å². The van der Waals surface area contributed by atoms with Gasteiger partial charge in [0.15, 0.2) is 5.78 Å². The van der Waals surface area contributed by atoms with Gasteiger partial charge in [-0.25, -0.2) is 4.90 Å². The number of amides is 2. The molecule has 2 saturated heterocycles. The number of hydrazone groups is 1. The summed E-state index contributed by atoms with van der Waals surface area (Å²) in [6.45, 7) is 0. The molecule has 0 aromatic heterocycles. The first-order valence-electron chi connectivity index (χ1n) is 9.72. The number of ketones is 1. The Kier molecular flexibility index (Phi) is 4.24. The number of methoxy groups -OCH3 is 1. The van der Waals surface area contributed by atoms with Crippen LogP contribution in [-0.2, 0) is 9.59 Å². The Morgan fingerprint density at radius 3 is 2.37 bits per heavy atom. The molecule has 7 heteroatoms. The number of benzene rings is 2. The van der Waals surface area contributed by atoms with Crippen LogP contribution in [0, 0.1) is 11.8 Å². The van der Waals surface area contributed by atoms with E-state index in [1.807, 2.05) is 12.1 Å². The number of carbonyl (C=O) groups excluding carboxylic acids is 3. The lowest BCUT2D eigenvalue weighted by atomic mass is 9.86. The topological polar surface area (TPSA) is 79.3 Å². The number of rotatable bonds is 4. The molecule has 2 aromatic carbocycles. The highest BCUT2D eigenvalue weighted by Crippen LogP contribution is 2.46. The van der Waals surface area contributed by atoms with E-state index >= 15 is 0 Å². The van der Waals surface area contributed by atoms with E-state index in [2.05, 4.69) is 5.10 Å². The van der Waals surface area contributed by atoms with Crippen LogP contribution in [0.3, 0.4) is 0 Å². The first-order valence-corrected chi connectivity index (χ1v) is 9.72. The van der Waals surface area contributed by atoms with E-state index in [-0.39, 0.29) is 17.6 Å². The number of anilines is 1. The highest BCUT2D eigenvalue weighted by Gasteiger charge is 2.64. The highest BCUT2D eigenvalue weighted by molar-refractivity contribution is 6.24. The Hall–Kier alpha value is -3.74. The van der Waals surface area contributed by atoms with Gasteiger partial charge >= 0.3 is 0 Å². The van der Waals surface area contributed by atoms with Gasteiger partial charge in [0, 0.05) is 11.8 Å². The van der Waals surface area contributed by atoms with Crippen molar-refractivity contribution in [2.75, 3.05) is 12.0 Å². The molecule has 0 aliphatic carbocycles. The normalized spacial score (nSPS) is 26.7. The quantitative estimate of drug-likeness (QED) is 0.580. The molecule has 2 fully saturated rings. The van der Waals surface area contributed by atoms with E-state index in [4.69, 9.17) is 4.74 Å². The number of para-hydroxylation sites is 1. The summed E-state index contributed by atoms with van der Waals surface area (Å²) in [5.74, 6) is -1.71. The second-order valence-corrected chi connectivity index (χ2v) is 7.46. The van der Waals surface area contributed by atoms with Gasteiger partial charge in [0.2, 0.25) is 11.8 Å². The van der Waals surface area contributed by atoms with Crippen LogP contribution in [0.25, 0.3) is 0 Å². The zero-order chi connectivity index (χ0) is 20.8. The van der Waals surface area contributed by atoms with Crippen molar-refractivity contribution in [2.24, 2.45) is 16.9 Å². The summed E-state index contributed by atoms with van der Waals surface area (Å²) in [5, 5.41) is 5.97. The number of carbonyl (C=O) groups is 3. The van der Waals surface area contributed by atoms with Gasteiger partial charge in [-0.3, -0.25) is 19.4 Å². The van der Waals surface area contributed by atoms with Gasteiger partial charge in [0.05, 0.1) is 30.7 Å². The minimum absolute atomic E-state index is 0.237. The number of allylic oxidation sites excluding steroid dienone is 1. The summed E-state index contributed by atoms with van der Waals surface area (Å²) >= 11 is 0. The first-order chi connectivity index (χ1) is 14.6. The maximum atomic E-state index is 13.5. The maximum absolute atomic E-state index is 13.5. The Morgan fingerprint density at radius 2 is 1.67 bits per heavy atom. The Morgan fingerprint density at radius 1 is 0.967 bits per heavy atom. The number of Topliss-reactive ketones (excluding diaryl/α,β-unsaturated/α-hetero) is 1. The average molecular weight is 401 g/mol. The molecule has 0 saturated carbocycles. The van der Waals surface area contributed by atoms with Crippen molar-refractivity contribution >= 4 is 29.5 Å². The first kappa shape index (κ1) is 18.3. The largest absolute Gasteiger partial charge is 0.497 e. The van der Waals surface area contributed by atoms with Crippen LogP contribution in [0.4, 0.5) is 5.69 Å². The van der Waals surface area contributed by atoms with Crippen molar-refractivity contribution < 1.29 is 19.1 Å². The number of imide groups is 1. The summed E-state index contributed by atoms with van der Waals surface area (Å²) < 4.78 is 5.16. The monoisotopic (exact) mass is 401 g/mol. The molecule has 5 rings (SSSR count). The van der Waals surface area contributed by atoms with Crippen LogP contribution in [-0.4, -0.2) is 48.0 Å². The third-order valence-electron chi connectivity index (χ3n) is 5.95. The van der Waals surface area contributed by atoms with Gasteiger partial charge in [0.1, 0.15) is 11.8 Å². The minimum Gasteiger partial charge on any atom is -0.497 e. The summed E-state index contributed by atoms with van der Waals surface area (Å²) in [6, 6.07) is 14.3. The lowest BCUT2D eigenvalue weighted by Gasteiger charge is -2.30. The molecule has 4 atom stereocenters. The lowest BCUT2D eigenvalue weighted by molar-refractivity contribution is -0.123. The predicted molar refractivity (Wildman–Crippen MR) is 110 cm³/mol. The number of ether oxygens (including phenoxy) is 1. The smallest absolute Gasteiger partial charge is 0.240 e.